The normalized spacial score (nSPS) is 17.3. The lowest BCUT2D eigenvalue weighted by Crippen LogP contribution is -3.16. The smallest absolute Gasteiger partial charge is 0.142 e. The largest absolute Gasteiger partial charge is 0.495 e. The molecule has 0 amide bonds. The van der Waals surface area contributed by atoms with E-state index in [-0.39, 0.29) is 0 Å². The van der Waals surface area contributed by atoms with Gasteiger partial charge in [0.05, 0.1) is 52.2 Å². The van der Waals surface area contributed by atoms with E-state index in [1.165, 1.54) is 10.5 Å². The number of rotatable bonds is 9. The molecule has 1 aliphatic heterocycles. The van der Waals surface area contributed by atoms with Crippen LogP contribution in [0.3, 0.4) is 0 Å². The fourth-order valence-corrected chi connectivity index (χ4v) is 3.81. The molecular formula is C23H33N2O3+. The lowest BCUT2D eigenvalue weighted by atomic mass is 10.0. The summed E-state index contributed by atoms with van der Waals surface area (Å²) in [5.74, 6) is 1.26. The van der Waals surface area contributed by atoms with E-state index in [1.807, 2.05) is 18.2 Å². The van der Waals surface area contributed by atoms with Gasteiger partial charge in [0.1, 0.15) is 18.4 Å². The first-order valence-electron chi connectivity index (χ1n) is 10.2. The maximum absolute atomic E-state index is 10.4. The van der Waals surface area contributed by atoms with Crippen molar-refractivity contribution in [3.63, 3.8) is 0 Å². The zero-order valence-corrected chi connectivity index (χ0v) is 17.0. The monoisotopic (exact) mass is 385 g/mol. The second kappa shape index (κ2) is 10.5. The van der Waals surface area contributed by atoms with Crippen LogP contribution < -0.4 is 14.5 Å². The number of benzene rings is 2. The molecule has 0 aromatic heterocycles. The van der Waals surface area contributed by atoms with Crippen molar-refractivity contribution in [3.05, 3.63) is 60.2 Å². The summed E-state index contributed by atoms with van der Waals surface area (Å²) in [5, 5.41) is 10.4. The maximum atomic E-state index is 10.4. The quantitative estimate of drug-likeness (QED) is 0.688. The first-order valence-corrected chi connectivity index (χ1v) is 10.2. The molecule has 152 valence electrons. The van der Waals surface area contributed by atoms with Crippen LogP contribution in [0.5, 0.6) is 5.75 Å². The predicted octanol–water partition coefficient (Wildman–Crippen LogP) is 1.58. The van der Waals surface area contributed by atoms with E-state index < -0.39 is 6.10 Å². The van der Waals surface area contributed by atoms with Crippen LogP contribution in [-0.4, -0.2) is 64.3 Å². The summed E-state index contributed by atoms with van der Waals surface area (Å²) in [6.45, 7) is 7.88. The number of anilines is 1. The van der Waals surface area contributed by atoms with Gasteiger partial charge in [-0.05, 0) is 17.7 Å². The van der Waals surface area contributed by atoms with Crippen LogP contribution in [0.4, 0.5) is 5.69 Å². The Morgan fingerprint density at radius 3 is 2.39 bits per heavy atom. The number of aliphatic hydroxyl groups is 1. The number of piperazine rings is 1. The molecule has 5 heteroatoms. The molecule has 0 saturated carbocycles. The van der Waals surface area contributed by atoms with Crippen molar-refractivity contribution in [3.8, 4) is 5.75 Å². The summed E-state index contributed by atoms with van der Waals surface area (Å²) in [4.78, 5) is 3.80. The van der Waals surface area contributed by atoms with Crippen LogP contribution in [-0.2, 0) is 4.74 Å². The topological polar surface area (TPSA) is 46.4 Å². The van der Waals surface area contributed by atoms with E-state index in [2.05, 4.69) is 48.2 Å². The van der Waals surface area contributed by atoms with Gasteiger partial charge in [0, 0.05) is 5.92 Å². The summed E-state index contributed by atoms with van der Waals surface area (Å²) in [7, 11) is 1.72. The number of methoxy groups -OCH3 is 1. The molecule has 0 spiro atoms. The Balaban J connectivity index is 1.37. The van der Waals surface area contributed by atoms with Gasteiger partial charge in [0.15, 0.2) is 0 Å². The number of hydrogen-bond donors (Lipinski definition) is 2. The van der Waals surface area contributed by atoms with Gasteiger partial charge >= 0.3 is 0 Å². The minimum Gasteiger partial charge on any atom is -0.495 e. The molecule has 0 bridgehead atoms. The Kier molecular flexibility index (Phi) is 7.71. The molecule has 2 atom stereocenters. The number of para-hydroxylation sites is 2. The number of nitrogens with one attached hydrogen (secondary N) is 1. The van der Waals surface area contributed by atoms with Crippen molar-refractivity contribution < 1.29 is 19.5 Å². The van der Waals surface area contributed by atoms with Crippen LogP contribution >= 0.6 is 0 Å². The molecule has 0 aliphatic carbocycles. The number of aliphatic hydroxyl groups excluding tert-OH is 1. The fraction of sp³-hybridized carbons (Fsp3) is 0.478. The maximum Gasteiger partial charge on any atom is 0.142 e. The lowest BCUT2D eigenvalue weighted by Gasteiger charge is -2.35. The van der Waals surface area contributed by atoms with E-state index in [1.54, 1.807) is 7.11 Å². The fourth-order valence-electron chi connectivity index (χ4n) is 3.81. The van der Waals surface area contributed by atoms with Gasteiger partial charge in [0.25, 0.3) is 0 Å². The van der Waals surface area contributed by atoms with Gasteiger partial charge in [-0.3, -0.25) is 0 Å². The Morgan fingerprint density at radius 1 is 1.00 bits per heavy atom. The number of quaternary nitrogens is 1. The second-order valence-corrected chi connectivity index (χ2v) is 7.62. The van der Waals surface area contributed by atoms with Crippen LogP contribution in [0.25, 0.3) is 0 Å². The average molecular weight is 386 g/mol. The number of hydrogen-bond acceptors (Lipinski definition) is 4. The van der Waals surface area contributed by atoms with E-state index in [0.29, 0.717) is 19.1 Å². The third kappa shape index (κ3) is 5.71. The van der Waals surface area contributed by atoms with E-state index in [9.17, 15) is 5.11 Å². The standard InChI is InChI=1S/C23H32N2O3/c1-19(20-8-4-3-5-9-20)17-28-18-21(26)16-24-12-14-25(15-13-24)22-10-6-7-11-23(22)27-2/h3-11,19,21,26H,12-18H2,1-2H3/p+1/t19-,21+/m0/s1. The molecular weight excluding hydrogens is 352 g/mol. The number of ether oxygens (including phenoxy) is 2. The molecule has 28 heavy (non-hydrogen) atoms. The summed E-state index contributed by atoms with van der Waals surface area (Å²) in [5.41, 5.74) is 2.43. The predicted molar refractivity (Wildman–Crippen MR) is 112 cm³/mol. The van der Waals surface area contributed by atoms with Crippen LogP contribution in [0.1, 0.15) is 18.4 Å². The van der Waals surface area contributed by atoms with Crippen molar-refractivity contribution in [2.75, 3.05) is 57.9 Å². The van der Waals surface area contributed by atoms with Crippen molar-refractivity contribution in [2.45, 2.75) is 18.9 Å². The van der Waals surface area contributed by atoms with Crippen LogP contribution in [0.15, 0.2) is 54.6 Å². The molecule has 1 heterocycles. The SMILES string of the molecule is COc1ccccc1N1CC[NH+](C[C@@H](O)COC[C@H](C)c2ccccc2)CC1. The van der Waals surface area contributed by atoms with Crippen molar-refractivity contribution in [2.24, 2.45) is 0 Å². The number of nitrogens with zero attached hydrogens (tertiary/aromatic N) is 1. The van der Waals surface area contributed by atoms with Gasteiger partial charge in [0.2, 0.25) is 0 Å². The molecule has 2 N–H and O–H groups in total. The zero-order valence-electron chi connectivity index (χ0n) is 17.0. The van der Waals surface area contributed by atoms with Gasteiger partial charge in [-0.15, -0.1) is 0 Å². The van der Waals surface area contributed by atoms with Crippen molar-refractivity contribution >= 4 is 5.69 Å². The van der Waals surface area contributed by atoms with E-state index in [0.717, 1.165) is 44.2 Å². The Bertz CT molecular complexity index is 702. The molecule has 0 unspecified atom stereocenters. The van der Waals surface area contributed by atoms with E-state index >= 15 is 0 Å². The first kappa shape index (κ1) is 20.6. The third-order valence-corrected chi connectivity index (χ3v) is 5.47. The van der Waals surface area contributed by atoms with Gasteiger partial charge in [-0.25, -0.2) is 0 Å². The highest BCUT2D eigenvalue weighted by Gasteiger charge is 2.24. The third-order valence-electron chi connectivity index (χ3n) is 5.47. The Labute approximate surface area is 168 Å². The molecule has 1 fully saturated rings. The Hall–Kier alpha value is -2.08. The van der Waals surface area contributed by atoms with Crippen LogP contribution in [0, 0.1) is 0 Å². The van der Waals surface area contributed by atoms with Crippen molar-refractivity contribution in [1.29, 1.82) is 0 Å². The zero-order chi connectivity index (χ0) is 19.8. The Morgan fingerprint density at radius 2 is 1.68 bits per heavy atom. The molecule has 0 radical (unpaired) electrons. The highest BCUT2D eigenvalue weighted by molar-refractivity contribution is 5.58. The summed E-state index contributed by atoms with van der Waals surface area (Å²) < 4.78 is 11.3. The molecule has 5 nitrogen and oxygen atoms in total. The molecule has 3 rings (SSSR count). The minimum atomic E-state index is -0.421. The lowest BCUT2D eigenvalue weighted by molar-refractivity contribution is -0.903. The first-order chi connectivity index (χ1) is 13.7. The minimum absolute atomic E-state index is 0.338. The summed E-state index contributed by atoms with van der Waals surface area (Å²) in [6, 6.07) is 18.5. The highest BCUT2D eigenvalue weighted by atomic mass is 16.5. The van der Waals surface area contributed by atoms with E-state index in [4.69, 9.17) is 9.47 Å². The second-order valence-electron chi connectivity index (χ2n) is 7.62. The summed E-state index contributed by atoms with van der Waals surface area (Å²) in [6.07, 6.45) is -0.421. The average Bonchev–Trinajstić information content (AvgIpc) is 2.75. The molecule has 2 aromatic rings. The molecule has 1 aliphatic rings. The summed E-state index contributed by atoms with van der Waals surface area (Å²) >= 11 is 0. The van der Waals surface area contributed by atoms with Gasteiger partial charge in [-0.1, -0.05) is 49.4 Å². The van der Waals surface area contributed by atoms with Crippen molar-refractivity contribution in [1.82, 2.24) is 0 Å². The molecule has 2 aromatic carbocycles. The van der Waals surface area contributed by atoms with Gasteiger partial charge < -0.3 is 24.4 Å². The molecule has 1 saturated heterocycles. The van der Waals surface area contributed by atoms with Gasteiger partial charge in [-0.2, -0.15) is 0 Å². The van der Waals surface area contributed by atoms with Crippen LogP contribution in [0.2, 0.25) is 0 Å². The highest BCUT2D eigenvalue weighted by Crippen LogP contribution is 2.27.